The van der Waals surface area contributed by atoms with Crippen LogP contribution in [0.5, 0.6) is 0 Å². The topological polar surface area (TPSA) is 90.7 Å². The molecular formula is C17H16N6O. The van der Waals surface area contributed by atoms with E-state index in [2.05, 4.69) is 32.8 Å². The maximum absolute atomic E-state index is 9.37. The Bertz CT molecular complexity index is 928. The highest BCUT2D eigenvalue weighted by molar-refractivity contribution is 5.91. The number of anilines is 1. The van der Waals surface area contributed by atoms with Crippen LogP contribution in [-0.2, 0) is 4.74 Å². The summed E-state index contributed by atoms with van der Waals surface area (Å²) in [6.45, 7) is 4.14. The predicted molar refractivity (Wildman–Crippen MR) is 89.5 cm³/mol. The van der Waals surface area contributed by atoms with E-state index < -0.39 is 0 Å². The minimum absolute atomic E-state index is 0.206. The predicted octanol–water partition coefficient (Wildman–Crippen LogP) is 2.12. The second kappa shape index (κ2) is 5.91. The largest absolute Gasteiger partial charge is 0.377 e. The van der Waals surface area contributed by atoms with Crippen LogP contribution in [0.15, 0.2) is 30.6 Å². The molecule has 0 aliphatic carbocycles. The molecule has 120 valence electrons. The van der Waals surface area contributed by atoms with Crippen molar-refractivity contribution in [1.82, 2.24) is 19.9 Å². The van der Waals surface area contributed by atoms with Crippen molar-refractivity contribution < 1.29 is 4.74 Å². The number of nitrogens with one attached hydrogen (secondary N) is 1. The average molecular weight is 320 g/mol. The molecule has 1 aliphatic rings. The summed E-state index contributed by atoms with van der Waals surface area (Å²) in [4.78, 5) is 18.7. The zero-order valence-electron chi connectivity index (χ0n) is 13.2. The first-order valence-corrected chi connectivity index (χ1v) is 7.82. The fraction of sp³-hybridized carbons (Fsp3) is 0.294. The number of aromatic amines is 1. The van der Waals surface area contributed by atoms with Crippen molar-refractivity contribution in [3.63, 3.8) is 0 Å². The van der Waals surface area contributed by atoms with Crippen LogP contribution in [0.25, 0.3) is 22.4 Å². The number of morpholine rings is 1. The Labute approximate surface area is 138 Å². The lowest BCUT2D eigenvalue weighted by molar-refractivity contribution is 0.0985. The zero-order valence-corrected chi connectivity index (χ0v) is 13.2. The van der Waals surface area contributed by atoms with Gasteiger partial charge in [0.05, 0.1) is 19.3 Å². The van der Waals surface area contributed by atoms with Crippen LogP contribution in [-0.4, -0.2) is 45.7 Å². The molecule has 0 saturated carbocycles. The maximum atomic E-state index is 9.37. The van der Waals surface area contributed by atoms with Gasteiger partial charge in [-0.1, -0.05) is 0 Å². The van der Waals surface area contributed by atoms with Crippen molar-refractivity contribution in [1.29, 1.82) is 5.26 Å². The van der Waals surface area contributed by atoms with Crippen molar-refractivity contribution in [2.45, 2.75) is 13.0 Å². The van der Waals surface area contributed by atoms with E-state index in [1.807, 2.05) is 18.3 Å². The summed E-state index contributed by atoms with van der Waals surface area (Å²) in [5.41, 5.74) is 1.99. The van der Waals surface area contributed by atoms with Gasteiger partial charge in [-0.3, -0.25) is 0 Å². The first-order chi connectivity index (χ1) is 11.8. The van der Waals surface area contributed by atoms with Crippen LogP contribution < -0.4 is 4.90 Å². The normalized spacial score (nSPS) is 17.8. The Morgan fingerprint density at radius 3 is 3.12 bits per heavy atom. The fourth-order valence-corrected chi connectivity index (χ4v) is 2.98. The molecule has 7 nitrogen and oxygen atoms in total. The highest BCUT2D eigenvalue weighted by Gasteiger charge is 2.22. The number of pyridine rings is 1. The highest BCUT2D eigenvalue weighted by Crippen LogP contribution is 2.27. The molecule has 3 aromatic rings. The monoisotopic (exact) mass is 320 g/mol. The smallest absolute Gasteiger partial charge is 0.163 e. The molecule has 0 spiro atoms. The third-order valence-electron chi connectivity index (χ3n) is 4.19. The number of hydrogen-bond donors (Lipinski definition) is 1. The molecule has 0 unspecified atom stereocenters. The molecule has 0 bridgehead atoms. The van der Waals surface area contributed by atoms with Crippen LogP contribution in [0.3, 0.4) is 0 Å². The number of nitrogens with zero attached hydrogens (tertiary/aromatic N) is 5. The molecule has 0 aromatic carbocycles. The van der Waals surface area contributed by atoms with E-state index in [9.17, 15) is 5.26 Å². The van der Waals surface area contributed by atoms with Crippen LogP contribution >= 0.6 is 0 Å². The minimum Gasteiger partial charge on any atom is -0.377 e. The molecule has 7 heteroatoms. The second-order valence-corrected chi connectivity index (χ2v) is 5.76. The number of fused-ring (bicyclic) bond motifs is 1. The molecule has 24 heavy (non-hydrogen) atoms. The summed E-state index contributed by atoms with van der Waals surface area (Å²) in [5.74, 6) is 1.29. The molecule has 0 amide bonds. The Hall–Kier alpha value is -2.98. The lowest BCUT2D eigenvalue weighted by Crippen LogP contribution is -2.44. The van der Waals surface area contributed by atoms with Crippen molar-refractivity contribution >= 4 is 16.9 Å². The van der Waals surface area contributed by atoms with Gasteiger partial charge in [0, 0.05) is 36.0 Å². The average Bonchev–Trinajstić information content (AvgIpc) is 3.10. The lowest BCUT2D eigenvalue weighted by atomic mass is 10.1. The fourth-order valence-electron chi connectivity index (χ4n) is 2.98. The van der Waals surface area contributed by atoms with Crippen molar-refractivity contribution in [3.05, 3.63) is 36.3 Å². The molecule has 4 rings (SSSR count). The third kappa shape index (κ3) is 2.47. The van der Waals surface area contributed by atoms with Crippen molar-refractivity contribution in [3.8, 4) is 17.5 Å². The van der Waals surface area contributed by atoms with Crippen molar-refractivity contribution in [2.75, 3.05) is 24.7 Å². The molecule has 0 radical (unpaired) electrons. The summed E-state index contributed by atoms with van der Waals surface area (Å²) in [6.07, 6.45) is 3.55. The second-order valence-electron chi connectivity index (χ2n) is 5.76. The zero-order chi connectivity index (χ0) is 16.5. The van der Waals surface area contributed by atoms with Gasteiger partial charge < -0.3 is 14.6 Å². The Kier molecular flexibility index (Phi) is 3.59. The number of nitriles is 1. The van der Waals surface area contributed by atoms with Crippen LogP contribution in [0, 0.1) is 11.3 Å². The van der Waals surface area contributed by atoms with E-state index in [1.54, 1.807) is 12.3 Å². The standard InChI is InChI=1S/C17H16N6O/c1-11-10-24-7-6-23(11)15-8-12(9-18)21-17(22-15)14-3-5-20-16-13(14)2-4-19-16/h2-5,8,11H,6-7,10H2,1H3,(H,19,20)/t11-/m1/s1. The molecule has 1 fully saturated rings. The summed E-state index contributed by atoms with van der Waals surface area (Å²) in [6, 6.07) is 7.90. The first-order valence-electron chi connectivity index (χ1n) is 7.82. The van der Waals surface area contributed by atoms with E-state index in [0.717, 1.165) is 29.0 Å². The van der Waals surface area contributed by atoms with Crippen molar-refractivity contribution in [2.24, 2.45) is 0 Å². The molecular weight excluding hydrogens is 304 g/mol. The van der Waals surface area contributed by atoms with Gasteiger partial charge in [0.25, 0.3) is 0 Å². The highest BCUT2D eigenvalue weighted by atomic mass is 16.5. The van der Waals surface area contributed by atoms with E-state index >= 15 is 0 Å². The van der Waals surface area contributed by atoms with E-state index in [4.69, 9.17) is 9.72 Å². The Morgan fingerprint density at radius 1 is 1.38 bits per heavy atom. The van der Waals surface area contributed by atoms with Gasteiger partial charge in [-0.05, 0) is 19.1 Å². The number of ether oxygens (including phenoxy) is 1. The van der Waals surface area contributed by atoms with E-state index in [1.165, 1.54) is 0 Å². The molecule has 1 atom stereocenters. The lowest BCUT2D eigenvalue weighted by Gasteiger charge is -2.34. The maximum Gasteiger partial charge on any atom is 0.163 e. The van der Waals surface area contributed by atoms with Crippen LogP contribution in [0.4, 0.5) is 5.82 Å². The van der Waals surface area contributed by atoms with Gasteiger partial charge in [0.15, 0.2) is 5.82 Å². The Balaban J connectivity index is 1.86. The minimum atomic E-state index is 0.206. The summed E-state index contributed by atoms with van der Waals surface area (Å²) < 4.78 is 5.49. The van der Waals surface area contributed by atoms with Crippen LogP contribution in [0.2, 0.25) is 0 Å². The van der Waals surface area contributed by atoms with Gasteiger partial charge in [0.1, 0.15) is 23.2 Å². The summed E-state index contributed by atoms with van der Waals surface area (Å²) >= 11 is 0. The van der Waals surface area contributed by atoms with Gasteiger partial charge in [-0.25, -0.2) is 15.0 Å². The number of rotatable bonds is 2. The Morgan fingerprint density at radius 2 is 2.29 bits per heavy atom. The molecule has 4 heterocycles. The summed E-state index contributed by atoms with van der Waals surface area (Å²) in [7, 11) is 0. The van der Waals surface area contributed by atoms with Gasteiger partial charge in [-0.2, -0.15) is 5.26 Å². The first kappa shape index (κ1) is 14.6. The summed E-state index contributed by atoms with van der Waals surface area (Å²) in [5, 5.41) is 10.3. The molecule has 1 aliphatic heterocycles. The quantitative estimate of drug-likeness (QED) is 0.777. The number of aromatic nitrogens is 4. The van der Waals surface area contributed by atoms with Gasteiger partial charge in [-0.15, -0.1) is 0 Å². The van der Waals surface area contributed by atoms with E-state index in [0.29, 0.717) is 24.7 Å². The van der Waals surface area contributed by atoms with Gasteiger partial charge >= 0.3 is 0 Å². The van der Waals surface area contributed by atoms with Crippen LogP contribution in [0.1, 0.15) is 12.6 Å². The number of H-pyrrole nitrogens is 1. The SMILES string of the molecule is C[C@@H]1COCCN1c1cc(C#N)nc(-c2ccnc3[nH]ccc23)n1. The molecule has 3 aromatic heterocycles. The van der Waals surface area contributed by atoms with E-state index in [-0.39, 0.29) is 6.04 Å². The molecule has 1 saturated heterocycles. The van der Waals surface area contributed by atoms with Gasteiger partial charge in [0.2, 0.25) is 0 Å². The number of hydrogen-bond acceptors (Lipinski definition) is 6. The molecule has 1 N–H and O–H groups in total. The third-order valence-corrected chi connectivity index (χ3v) is 4.19.